The molecule has 14 heavy (non-hydrogen) atoms. The van der Waals surface area contributed by atoms with Crippen molar-refractivity contribution < 1.29 is 5.11 Å². The van der Waals surface area contributed by atoms with Crippen molar-refractivity contribution in [2.24, 2.45) is 5.92 Å². The molecule has 1 aromatic carbocycles. The average molecular weight is 210 g/mol. The van der Waals surface area contributed by atoms with Crippen molar-refractivity contribution in [1.29, 1.82) is 5.26 Å². The Balaban J connectivity index is 3.03. The molecule has 0 aliphatic rings. The molecule has 2 nitrogen and oxygen atoms in total. The maximum Gasteiger partial charge on any atom is 0.0948 e. The predicted molar refractivity (Wildman–Crippen MR) is 55.9 cm³/mol. The monoisotopic (exact) mass is 209 g/mol. The first-order valence-corrected chi connectivity index (χ1v) is 4.77. The third-order valence-electron chi connectivity index (χ3n) is 2.23. The van der Waals surface area contributed by atoms with Crippen LogP contribution in [0.3, 0.4) is 0 Å². The number of nitrogens with zero attached hydrogens (tertiary/aromatic N) is 1. The van der Waals surface area contributed by atoms with Crippen LogP contribution < -0.4 is 0 Å². The van der Waals surface area contributed by atoms with E-state index in [1.807, 2.05) is 13.0 Å². The summed E-state index contributed by atoms with van der Waals surface area (Å²) in [5, 5.41) is 19.1. The number of benzene rings is 1. The number of aryl methyl sites for hydroxylation is 1. The normalized spacial score (nSPS) is 14.5. The summed E-state index contributed by atoms with van der Waals surface area (Å²) in [5.74, 6) is -0.408. The van der Waals surface area contributed by atoms with E-state index >= 15 is 0 Å². The number of nitriles is 1. The molecule has 0 bridgehead atoms. The highest BCUT2D eigenvalue weighted by Crippen LogP contribution is 2.26. The van der Waals surface area contributed by atoms with Crippen molar-refractivity contribution in [1.82, 2.24) is 0 Å². The molecule has 2 unspecified atom stereocenters. The van der Waals surface area contributed by atoms with E-state index in [2.05, 4.69) is 0 Å². The first-order chi connectivity index (χ1) is 6.56. The second kappa shape index (κ2) is 4.45. The zero-order valence-corrected chi connectivity index (χ0v) is 8.92. The zero-order chi connectivity index (χ0) is 10.7. The minimum Gasteiger partial charge on any atom is -0.387 e. The lowest BCUT2D eigenvalue weighted by Crippen LogP contribution is -2.08. The lowest BCUT2D eigenvalue weighted by molar-refractivity contribution is 0.142. The molecule has 0 spiro atoms. The van der Waals surface area contributed by atoms with Crippen LogP contribution >= 0.6 is 11.6 Å². The number of aliphatic hydroxyl groups excluding tert-OH is 1. The van der Waals surface area contributed by atoms with Crippen LogP contribution in [0.15, 0.2) is 18.2 Å². The zero-order valence-electron chi connectivity index (χ0n) is 8.16. The van der Waals surface area contributed by atoms with Crippen LogP contribution in [0.25, 0.3) is 0 Å². The first kappa shape index (κ1) is 11.0. The maximum atomic E-state index is 9.80. The Morgan fingerprint density at radius 2 is 2.14 bits per heavy atom. The van der Waals surface area contributed by atoms with Crippen LogP contribution in [-0.4, -0.2) is 5.11 Å². The van der Waals surface area contributed by atoms with E-state index in [1.165, 1.54) is 0 Å². The Labute approximate surface area is 88.7 Å². The molecule has 0 amide bonds. The average Bonchev–Trinajstić information content (AvgIpc) is 2.15. The van der Waals surface area contributed by atoms with E-state index < -0.39 is 12.0 Å². The Kier molecular flexibility index (Phi) is 3.51. The fraction of sp³-hybridized carbons (Fsp3) is 0.364. The number of aliphatic hydroxyl groups is 1. The molecule has 0 heterocycles. The summed E-state index contributed by atoms with van der Waals surface area (Å²) in [4.78, 5) is 0. The van der Waals surface area contributed by atoms with Crippen molar-refractivity contribution in [3.05, 3.63) is 34.3 Å². The summed E-state index contributed by atoms with van der Waals surface area (Å²) in [6, 6.07) is 7.28. The summed E-state index contributed by atoms with van der Waals surface area (Å²) in [6.07, 6.45) is -0.739. The Morgan fingerprint density at radius 3 is 2.64 bits per heavy atom. The highest BCUT2D eigenvalue weighted by molar-refractivity contribution is 6.30. The third kappa shape index (κ3) is 2.25. The summed E-state index contributed by atoms with van der Waals surface area (Å²) in [6.45, 7) is 3.56. The Bertz CT molecular complexity index is 370. The minimum atomic E-state index is -0.739. The molecular weight excluding hydrogens is 198 g/mol. The molecule has 1 N–H and O–H groups in total. The molecule has 0 aliphatic carbocycles. The van der Waals surface area contributed by atoms with E-state index in [9.17, 15) is 5.11 Å². The van der Waals surface area contributed by atoms with Gasteiger partial charge < -0.3 is 5.11 Å². The van der Waals surface area contributed by atoms with Gasteiger partial charge in [0.15, 0.2) is 0 Å². The predicted octanol–water partition coefficient (Wildman–Crippen LogP) is 2.84. The third-order valence-corrected chi connectivity index (χ3v) is 2.46. The molecule has 2 atom stereocenters. The molecule has 0 fully saturated rings. The van der Waals surface area contributed by atoms with Gasteiger partial charge in [0, 0.05) is 5.02 Å². The van der Waals surface area contributed by atoms with Crippen molar-refractivity contribution in [2.75, 3.05) is 0 Å². The summed E-state index contributed by atoms with van der Waals surface area (Å²) >= 11 is 5.79. The maximum absolute atomic E-state index is 9.80. The van der Waals surface area contributed by atoms with Gasteiger partial charge in [0.2, 0.25) is 0 Å². The van der Waals surface area contributed by atoms with Crippen LogP contribution in [0.2, 0.25) is 5.02 Å². The van der Waals surface area contributed by atoms with E-state index in [4.69, 9.17) is 16.9 Å². The van der Waals surface area contributed by atoms with Gasteiger partial charge in [-0.2, -0.15) is 5.26 Å². The second-order valence-electron chi connectivity index (χ2n) is 3.36. The molecule has 74 valence electrons. The SMILES string of the molecule is Cc1cc(Cl)ccc1C(O)C(C)C#N. The van der Waals surface area contributed by atoms with Crippen LogP contribution in [0.5, 0.6) is 0 Å². The van der Waals surface area contributed by atoms with Crippen molar-refractivity contribution in [3.63, 3.8) is 0 Å². The highest BCUT2D eigenvalue weighted by Gasteiger charge is 2.17. The molecule has 0 radical (unpaired) electrons. The topological polar surface area (TPSA) is 44.0 Å². The van der Waals surface area contributed by atoms with Crippen molar-refractivity contribution in [2.45, 2.75) is 20.0 Å². The molecule has 0 saturated carbocycles. The first-order valence-electron chi connectivity index (χ1n) is 4.40. The molecular formula is C11H12ClNO. The largest absolute Gasteiger partial charge is 0.387 e. The van der Waals surface area contributed by atoms with Gasteiger partial charge in [-0.3, -0.25) is 0 Å². The van der Waals surface area contributed by atoms with Gasteiger partial charge in [-0.25, -0.2) is 0 Å². The lowest BCUT2D eigenvalue weighted by atomic mass is 9.95. The fourth-order valence-electron chi connectivity index (χ4n) is 1.31. The fourth-order valence-corrected chi connectivity index (χ4v) is 1.54. The minimum absolute atomic E-state index is 0.408. The van der Waals surface area contributed by atoms with Gasteiger partial charge in [-0.1, -0.05) is 17.7 Å². The van der Waals surface area contributed by atoms with Gasteiger partial charge in [-0.05, 0) is 37.1 Å². The van der Waals surface area contributed by atoms with E-state index in [0.717, 1.165) is 11.1 Å². The van der Waals surface area contributed by atoms with Gasteiger partial charge >= 0.3 is 0 Å². The number of hydrogen-bond donors (Lipinski definition) is 1. The van der Waals surface area contributed by atoms with E-state index in [0.29, 0.717) is 5.02 Å². The van der Waals surface area contributed by atoms with Crippen LogP contribution in [0.1, 0.15) is 24.2 Å². The molecule has 1 aromatic rings. The van der Waals surface area contributed by atoms with Crippen molar-refractivity contribution in [3.8, 4) is 6.07 Å². The van der Waals surface area contributed by atoms with Gasteiger partial charge in [0.1, 0.15) is 0 Å². The van der Waals surface area contributed by atoms with Crippen LogP contribution in [0.4, 0.5) is 0 Å². The smallest absolute Gasteiger partial charge is 0.0948 e. The summed E-state index contributed by atoms with van der Waals surface area (Å²) in [7, 11) is 0. The Hall–Kier alpha value is -1.04. The second-order valence-corrected chi connectivity index (χ2v) is 3.80. The highest BCUT2D eigenvalue weighted by atomic mass is 35.5. The molecule has 0 aliphatic heterocycles. The number of halogens is 1. The van der Waals surface area contributed by atoms with E-state index in [1.54, 1.807) is 25.1 Å². The molecule has 3 heteroatoms. The van der Waals surface area contributed by atoms with Crippen LogP contribution in [-0.2, 0) is 0 Å². The standard InChI is InChI=1S/C11H12ClNO/c1-7-5-9(12)3-4-10(7)11(14)8(2)6-13/h3-5,8,11,14H,1-2H3. The van der Waals surface area contributed by atoms with Gasteiger partial charge in [0.25, 0.3) is 0 Å². The summed E-state index contributed by atoms with van der Waals surface area (Å²) in [5.41, 5.74) is 1.68. The number of hydrogen-bond acceptors (Lipinski definition) is 2. The summed E-state index contributed by atoms with van der Waals surface area (Å²) < 4.78 is 0. The quantitative estimate of drug-likeness (QED) is 0.814. The van der Waals surface area contributed by atoms with Crippen molar-refractivity contribution >= 4 is 11.6 Å². The van der Waals surface area contributed by atoms with Gasteiger partial charge in [-0.15, -0.1) is 0 Å². The van der Waals surface area contributed by atoms with Crippen LogP contribution in [0, 0.1) is 24.2 Å². The lowest BCUT2D eigenvalue weighted by Gasteiger charge is -2.15. The number of rotatable bonds is 2. The van der Waals surface area contributed by atoms with E-state index in [-0.39, 0.29) is 0 Å². The van der Waals surface area contributed by atoms with Gasteiger partial charge in [0.05, 0.1) is 18.1 Å². The Morgan fingerprint density at radius 1 is 1.50 bits per heavy atom. The molecule has 0 saturated heterocycles. The molecule has 0 aromatic heterocycles. The molecule has 1 rings (SSSR count).